The van der Waals surface area contributed by atoms with Crippen molar-refractivity contribution >= 4 is 6.08 Å². The van der Waals surface area contributed by atoms with Gasteiger partial charge in [0, 0.05) is 24.1 Å². The lowest BCUT2D eigenvalue weighted by atomic mass is 9.84. The van der Waals surface area contributed by atoms with Gasteiger partial charge in [-0.25, -0.2) is 4.57 Å². The van der Waals surface area contributed by atoms with E-state index in [0.29, 0.717) is 0 Å². The third-order valence-electron chi connectivity index (χ3n) is 7.52. The van der Waals surface area contributed by atoms with Gasteiger partial charge in [0.05, 0.1) is 11.9 Å². The highest BCUT2D eigenvalue weighted by atomic mass is 16.7. The van der Waals surface area contributed by atoms with Gasteiger partial charge in [0.25, 0.3) is 12.1 Å². The third-order valence-corrected chi connectivity index (χ3v) is 7.52. The van der Waals surface area contributed by atoms with E-state index < -0.39 is 11.3 Å². The fourth-order valence-corrected chi connectivity index (χ4v) is 5.66. The molecule has 0 saturated carbocycles. The molecule has 4 nitrogen and oxygen atoms in total. The minimum Gasteiger partial charge on any atom is -0.463 e. The van der Waals surface area contributed by atoms with Crippen molar-refractivity contribution in [3.63, 3.8) is 0 Å². The largest absolute Gasteiger partial charge is 0.463 e. The van der Waals surface area contributed by atoms with E-state index in [0.717, 1.165) is 41.1 Å². The molecule has 4 rings (SSSR count). The Kier molecular flexibility index (Phi) is 7.19. The average Bonchev–Trinajstić information content (AvgIpc) is 2.83. The zero-order valence-electron chi connectivity index (χ0n) is 22.8. The van der Waals surface area contributed by atoms with Crippen molar-refractivity contribution in [1.29, 1.82) is 0 Å². The number of nitrogens with zero attached hydrogens (tertiary/aromatic N) is 2. The van der Waals surface area contributed by atoms with Gasteiger partial charge in [-0.2, -0.15) is 0 Å². The van der Waals surface area contributed by atoms with Crippen molar-refractivity contribution in [2.24, 2.45) is 0 Å². The van der Waals surface area contributed by atoms with Gasteiger partial charge in [0.15, 0.2) is 11.2 Å². The molecule has 1 aliphatic heterocycles. The number of rotatable bonds is 7. The van der Waals surface area contributed by atoms with Gasteiger partial charge in [0.2, 0.25) is 0 Å². The lowest BCUT2D eigenvalue weighted by Crippen LogP contribution is -2.70. The SMILES string of the molecule is C=Cc1ccccc1-c1cc(-c2c(C)cccc2C)nc[n+]1C(C)(CCC)C1(C)OC(C)=CC(C)O1. The van der Waals surface area contributed by atoms with E-state index in [1.54, 1.807) is 0 Å². The number of benzene rings is 2. The summed E-state index contributed by atoms with van der Waals surface area (Å²) in [5, 5.41) is 0. The topological polar surface area (TPSA) is 35.2 Å². The Labute approximate surface area is 216 Å². The van der Waals surface area contributed by atoms with Crippen LogP contribution in [-0.4, -0.2) is 16.9 Å². The van der Waals surface area contributed by atoms with Gasteiger partial charge in [-0.05, 0) is 68.8 Å². The quantitative estimate of drug-likeness (QED) is 0.326. The first-order valence-electron chi connectivity index (χ1n) is 12.9. The molecule has 4 heteroatoms. The molecule has 0 saturated heterocycles. The van der Waals surface area contributed by atoms with E-state index in [-0.39, 0.29) is 6.10 Å². The molecule has 1 aliphatic rings. The van der Waals surface area contributed by atoms with Crippen LogP contribution in [0.25, 0.3) is 28.6 Å². The van der Waals surface area contributed by atoms with E-state index in [2.05, 4.69) is 95.2 Å². The van der Waals surface area contributed by atoms with Gasteiger partial charge in [0.1, 0.15) is 5.69 Å². The maximum atomic E-state index is 6.55. The fourth-order valence-electron chi connectivity index (χ4n) is 5.66. The molecule has 36 heavy (non-hydrogen) atoms. The Morgan fingerprint density at radius 3 is 2.44 bits per heavy atom. The number of aromatic nitrogens is 2. The maximum Gasteiger partial charge on any atom is 0.288 e. The van der Waals surface area contributed by atoms with E-state index in [1.807, 2.05) is 31.5 Å². The number of hydrogen-bond acceptors (Lipinski definition) is 3. The normalized spacial score (nSPS) is 21.3. The highest BCUT2D eigenvalue weighted by Gasteiger charge is 2.55. The zero-order chi connectivity index (χ0) is 26.1. The minimum absolute atomic E-state index is 0.0497. The van der Waals surface area contributed by atoms with Gasteiger partial charge < -0.3 is 9.47 Å². The monoisotopic (exact) mass is 483 g/mol. The van der Waals surface area contributed by atoms with Gasteiger partial charge in [-0.1, -0.05) is 68.5 Å². The van der Waals surface area contributed by atoms with Crippen LogP contribution in [0.15, 0.2) is 73.3 Å². The van der Waals surface area contributed by atoms with Crippen molar-refractivity contribution in [1.82, 2.24) is 4.98 Å². The molecule has 0 spiro atoms. The molecule has 188 valence electrons. The second-order valence-electron chi connectivity index (χ2n) is 10.3. The Hall–Kier alpha value is -3.24. The molecule has 3 unspecified atom stereocenters. The van der Waals surface area contributed by atoms with Gasteiger partial charge >= 0.3 is 0 Å². The predicted octanol–water partition coefficient (Wildman–Crippen LogP) is 7.53. The highest BCUT2D eigenvalue weighted by Crippen LogP contribution is 2.41. The van der Waals surface area contributed by atoms with E-state index >= 15 is 0 Å². The van der Waals surface area contributed by atoms with E-state index in [9.17, 15) is 0 Å². The zero-order valence-corrected chi connectivity index (χ0v) is 22.8. The van der Waals surface area contributed by atoms with Crippen LogP contribution in [0.4, 0.5) is 0 Å². The van der Waals surface area contributed by atoms with Crippen molar-refractivity contribution in [2.75, 3.05) is 0 Å². The van der Waals surface area contributed by atoms with Crippen LogP contribution < -0.4 is 4.57 Å². The van der Waals surface area contributed by atoms with Crippen molar-refractivity contribution in [3.05, 3.63) is 90.0 Å². The average molecular weight is 484 g/mol. The Balaban J connectivity index is 2.03. The molecule has 1 aromatic heterocycles. The molecule has 0 radical (unpaired) electrons. The molecular weight excluding hydrogens is 444 g/mol. The second kappa shape index (κ2) is 10.0. The summed E-state index contributed by atoms with van der Waals surface area (Å²) in [6.07, 6.45) is 7.68. The van der Waals surface area contributed by atoms with Crippen LogP contribution in [-0.2, 0) is 15.0 Å². The maximum absolute atomic E-state index is 6.55. The summed E-state index contributed by atoms with van der Waals surface area (Å²) in [6, 6.07) is 17.0. The van der Waals surface area contributed by atoms with E-state index in [1.165, 1.54) is 16.7 Å². The lowest BCUT2D eigenvalue weighted by Gasteiger charge is -2.47. The third kappa shape index (κ3) is 4.51. The van der Waals surface area contributed by atoms with Crippen LogP contribution in [0.2, 0.25) is 0 Å². The molecule has 0 amide bonds. The number of aryl methyl sites for hydroxylation is 2. The van der Waals surface area contributed by atoms with Crippen LogP contribution in [0, 0.1) is 13.8 Å². The second-order valence-corrected chi connectivity index (χ2v) is 10.3. The Morgan fingerprint density at radius 1 is 1.11 bits per heavy atom. The summed E-state index contributed by atoms with van der Waals surface area (Å²) >= 11 is 0. The minimum atomic E-state index is -0.883. The summed E-state index contributed by atoms with van der Waals surface area (Å²) in [7, 11) is 0. The molecular formula is C32H39N2O2+. The smallest absolute Gasteiger partial charge is 0.288 e. The molecule has 0 bridgehead atoms. The van der Waals surface area contributed by atoms with Crippen molar-refractivity contribution in [2.45, 2.75) is 78.7 Å². The van der Waals surface area contributed by atoms with Crippen molar-refractivity contribution < 1.29 is 14.0 Å². The first kappa shape index (κ1) is 25.8. The molecule has 0 aliphatic carbocycles. The predicted molar refractivity (Wildman–Crippen MR) is 147 cm³/mol. The summed E-state index contributed by atoms with van der Waals surface area (Å²) in [6.45, 7) is 18.9. The first-order valence-corrected chi connectivity index (χ1v) is 12.9. The van der Waals surface area contributed by atoms with Gasteiger partial charge in [-0.3, -0.25) is 0 Å². The summed E-state index contributed by atoms with van der Waals surface area (Å²) in [4.78, 5) is 5.04. The summed E-state index contributed by atoms with van der Waals surface area (Å²) in [5.41, 5.74) is 7.23. The standard InChI is InChI=1S/C32H39N2O2/c1-9-18-31(7,32(8)35-24(5)19-25(6)36-32)34-21-33-28(30-22(3)14-13-15-23(30)4)20-29(34)27-17-12-11-16-26(27)10-2/h10-17,19-21,24H,2,9,18H2,1,3-8H3/q+1. The Morgan fingerprint density at radius 2 is 1.81 bits per heavy atom. The van der Waals surface area contributed by atoms with Crippen LogP contribution in [0.3, 0.4) is 0 Å². The molecule has 0 fully saturated rings. The number of hydrogen-bond donors (Lipinski definition) is 0. The lowest BCUT2D eigenvalue weighted by molar-refractivity contribution is -0.782. The summed E-state index contributed by atoms with van der Waals surface area (Å²) in [5.74, 6) is -0.00157. The van der Waals surface area contributed by atoms with Gasteiger partial charge in [-0.15, -0.1) is 0 Å². The first-order chi connectivity index (χ1) is 17.1. The molecule has 0 N–H and O–H groups in total. The molecule has 3 atom stereocenters. The summed E-state index contributed by atoms with van der Waals surface area (Å²) < 4.78 is 15.3. The Bertz CT molecular complexity index is 1290. The molecule has 2 aromatic carbocycles. The number of allylic oxidation sites excluding steroid dienone is 1. The highest BCUT2D eigenvalue weighted by molar-refractivity contribution is 5.75. The van der Waals surface area contributed by atoms with Crippen molar-refractivity contribution in [3.8, 4) is 22.5 Å². The number of ether oxygens (including phenoxy) is 2. The van der Waals surface area contributed by atoms with Crippen LogP contribution in [0.5, 0.6) is 0 Å². The van der Waals surface area contributed by atoms with Crippen LogP contribution in [0.1, 0.15) is 64.2 Å². The van der Waals surface area contributed by atoms with E-state index in [4.69, 9.17) is 14.5 Å². The molecule has 3 aromatic rings. The fraction of sp³-hybridized carbons (Fsp3) is 0.375. The molecule has 2 heterocycles. The van der Waals surface area contributed by atoms with Crippen LogP contribution >= 0.6 is 0 Å².